The van der Waals surface area contributed by atoms with Crippen LogP contribution in [-0.4, -0.2) is 40.7 Å². The summed E-state index contributed by atoms with van der Waals surface area (Å²) in [5, 5.41) is 10.0. The maximum atomic E-state index is 10.0. The first-order valence-electron chi connectivity index (χ1n) is 6.84. The summed E-state index contributed by atoms with van der Waals surface area (Å²) in [6, 6.07) is 7.04. The second-order valence-corrected chi connectivity index (χ2v) is 4.64. The predicted molar refractivity (Wildman–Crippen MR) is 86.3 cm³/mol. The van der Waals surface area contributed by atoms with Gasteiger partial charge in [0.25, 0.3) is 0 Å². The number of hydrogen-bond donors (Lipinski definition) is 1. The quantitative estimate of drug-likeness (QED) is 0.882. The lowest BCUT2D eigenvalue weighted by molar-refractivity contribution is 0.324. The van der Waals surface area contributed by atoms with Crippen LogP contribution in [0.3, 0.4) is 0 Å². The van der Waals surface area contributed by atoms with Crippen LogP contribution in [0.5, 0.6) is 34.5 Å². The van der Waals surface area contributed by atoms with E-state index in [1.54, 1.807) is 33.5 Å². The molecule has 2 rings (SSSR count). The zero-order valence-electron chi connectivity index (χ0n) is 13.8. The van der Waals surface area contributed by atoms with Crippen LogP contribution in [0.25, 0.3) is 11.1 Å². The summed E-state index contributed by atoms with van der Waals surface area (Å²) in [5.74, 6) is 2.16. The Morgan fingerprint density at radius 1 is 0.565 bits per heavy atom. The van der Waals surface area contributed by atoms with Gasteiger partial charge in [0.1, 0.15) is 0 Å². The lowest BCUT2D eigenvalue weighted by Crippen LogP contribution is -1.96. The topological polar surface area (TPSA) is 66.4 Å². The zero-order valence-corrected chi connectivity index (χ0v) is 13.8. The molecular formula is C17H20O6. The van der Waals surface area contributed by atoms with E-state index in [9.17, 15) is 5.11 Å². The van der Waals surface area contributed by atoms with Crippen molar-refractivity contribution in [3.63, 3.8) is 0 Å². The number of rotatable bonds is 6. The number of hydrogen-bond acceptors (Lipinski definition) is 6. The summed E-state index contributed by atoms with van der Waals surface area (Å²) in [6.45, 7) is 0. The van der Waals surface area contributed by atoms with Gasteiger partial charge in [-0.15, -0.1) is 0 Å². The molecule has 0 heterocycles. The van der Waals surface area contributed by atoms with Crippen LogP contribution in [0.2, 0.25) is 0 Å². The van der Waals surface area contributed by atoms with E-state index >= 15 is 0 Å². The van der Waals surface area contributed by atoms with Crippen molar-refractivity contribution in [2.24, 2.45) is 0 Å². The Morgan fingerprint density at radius 2 is 0.913 bits per heavy atom. The van der Waals surface area contributed by atoms with E-state index in [-0.39, 0.29) is 5.75 Å². The van der Waals surface area contributed by atoms with Gasteiger partial charge < -0.3 is 28.8 Å². The highest BCUT2D eigenvalue weighted by molar-refractivity contribution is 5.75. The second kappa shape index (κ2) is 7.00. The van der Waals surface area contributed by atoms with Crippen LogP contribution in [0.1, 0.15) is 0 Å². The minimum atomic E-state index is -0.0498. The Balaban J connectivity index is 2.66. The summed E-state index contributed by atoms with van der Waals surface area (Å²) in [6.07, 6.45) is 0. The Morgan fingerprint density at radius 3 is 1.22 bits per heavy atom. The number of methoxy groups -OCH3 is 5. The molecular weight excluding hydrogens is 300 g/mol. The van der Waals surface area contributed by atoms with Gasteiger partial charge in [0.15, 0.2) is 23.0 Å². The molecule has 2 aromatic rings. The third-order valence-electron chi connectivity index (χ3n) is 3.48. The number of aromatic hydroxyl groups is 1. The maximum Gasteiger partial charge on any atom is 0.203 e. The van der Waals surface area contributed by atoms with Crippen LogP contribution in [-0.2, 0) is 0 Å². The van der Waals surface area contributed by atoms with Crippen LogP contribution < -0.4 is 23.7 Å². The monoisotopic (exact) mass is 320 g/mol. The number of benzene rings is 2. The first-order valence-corrected chi connectivity index (χ1v) is 6.84. The van der Waals surface area contributed by atoms with E-state index < -0.39 is 0 Å². The molecule has 0 atom stereocenters. The highest BCUT2D eigenvalue weighted by Crippen LogP contribution is 2.45. The Bertz CT molecular complexity index is 645. The van der Waals surface area contributed by atoms with Gasteiger partial charge in [0, 0.05) is 0 Å². The Hall–Kier alpha value is -2.76. The average Bonchev–Trinajstić information content (AvgIpc) is 2.60. The maximum absolute atomic E-state index is 10.0. The molecule has 0 amide bonds. The first-order chi connectivity index (χ1) is 11.1. The zero-order chi connectivity index (χ0) is 17.0. The van der Waals surface area contributed by atoms with Gasteiger partial charge in [0.2, 0.25) is 11.5 Å². The van der Waals surface area contributed by atoms with E-state index in [4.69, 9.17) is 23.7 Å². The van der Waals surface area contributed by atoms with E-state index in [1.807, 2.05) is 12.1 Å². The van der Waals surface area contributed by atoms with E-state index in [0.29, 0.717) is 28.7 Å². The van der Waals surface area contributed by atoms with Crippen molar-refractivity contribution in [3.05, 3.63) is 24.3 Å². The second-order valence-electron chi connectivity index (χ2n) is 4.64. The van der Waals surface area contributed by atoms with E-state index in [1.165, 1.54) is 14.2 Å². The number of ether oxygens (including phenoxy) is 5. The van der Waals surface area contributed by atoms with Crippen molar-refractivity contribution >= 4 is 0 Å². The minimum absolute atomic E-state index is 0.0498. The van der Waals surface area contributed by atoms with Gasteiger partial charge in [-0.25, -0.2) is 0 Å². The molecule has 0 saturated heterocycles. The van der Waals surface area contributed by atoms with Crippen molar-refractivity contribution in [1.29, 1.82) is 0 Å². The SMILES string of the molecule is COc1cc(-c2cc(OC)c(OC)c(OC)c2)cc(OC)c1O. The average molecular weight is 320 g/mol. The molecule has 0 radical (unpaired) electrons. The van der Waals surface area contributed by atoms with Crippen molar-refractivity contribution in [2.75, 3.05) is 35.5 Å². The van der Waals surface area contributed by atoms with Crippen molar-refractivity contribution in [1.82, 2.24) is 0 Å². The molecule has 23 heavy (non-hydrogen) atoms. The minimum Gasteiger partial charge on any atom is -0.502 e. The van der Waals surface area contributed by atoms with Gasteiger partial charge in [-0.2, -0.15) is 0 Å². The highest BCUT2D eigenvalue weighted by Gasteiger charge is 2.17. The van der Waals surface area contributed by atoms with Gasteiger partial charge in [-0.1, -0.05) is 0 Å². The molecule has 6 heteroatoms. The lowest BCUT2D eigenvalue weighted by atomic mass is 10.0. The largest absolute Gasteiger partial charge is 0.502 e. The summed E-state index contributed by atoms with van der Waals surface area (Å²) in [4.78, 5) is 0. The molecule has 1 N–H and O–H groups in total. The molecule has 6 nitrogen and oxygen atoms in total. The van der Waals surface area contributed by atoms with Crippen molar-refractivity contribution in [2.45, 2.75) is 0 Å². The molecule has 0 aromatic heterocycles. The molecule has 0 spiro atoms. The van der Waals surface area contributed by atoms with Gasteiger partial charge in [-0.05, 0) is 35.4 Å². The Kier molecular flexibility index (Phi) is 5.05. The normalized spacial score (nSPS) is 10.1. The number of phenols is 1. The summed E-state index contributed by atoms with van der Waals surface area (Å²) in [7, 11) is 7.62. The third-order valence-corrected chi connectivity index (χ3v) is 3.48. The van der Waals surface area contributed by atoms with Crippen molar-refractivity contribution < 1.29 is 28.8 Å². The van der Waals surface area contributed by atoms with Crippen LogP contribution >= 0.6 is 0 Å². The molecule has 0 saturated carbocycles. The molecule has 0 aliphatic rings. The molecule has 0 aliphatic carbocycles. The summed E-state index contributed by atoms with van der Waals surface area (Å²) >= 11 is 0. The van der Waals surface area contributed by atoms with Gasteiger partial charge in [0.05, 0.1) is 35.5 Å². The fourth-order valence-corrected chi connectivity index (χ4v) is 2.31. The third kappa shape index (κ3) is 3.06. The Labute approximate surface area is 135 Å². The summed E-state index contributed by atoms with van der Waals surface area (Å²) < 4.78 is 26.4. The van der Waals surface area contributed by atoms with Crippen LogP contribution in [0.4, 0.5) is 0 Å². The van der Waals surface area contributed by atoms with Gasteiger partial charge in [-0.3, -0.25) is 0 Å². The number of phenolic OH excluding ortho intramolecular Hbond substituents is 1. The molecule has 0 unspecified atom stereocenters. The molecule has 2 aromatic carbocycles. The van der Waals surface area contributed by atoms with E-state index in [0.717, 1.165) is 11.1 Å². The van der Waals surface area contributed by atoms with E-state index in [2.05, 4.69) is 0 Å². The molecule has 0 aliphatic heterocycles. The lowest BCUT2D eigenvalue weighted by Gasteiger charge is -2.16. The first kappa shape index (κ1) is 16.6. The standard InChI is InChI=1S/C17H20O6/c1-19-12-6-10(7-13(20-2)16(12)18)11-8-14(21-3)17(23-5)15(9-11)22-4/h6-9,18H,1-5H3. The predicted octanol–water partition coefficient (Wildman–Crippen LogP) is 3.10. The highest BCUT2D eigenvalue weighted by atomic mass is 16.5. The molecule has 124 valence electrons. The molecule has 0 bridgehead atoms. The van der Waals surface area contributed by atoms with Gasteiger partial charge >= 0.3 is 0 Å². The fourth-order valence-electron chi connectivity index (χ4n) is 2.31. The van der Waals surface area contributed by atoms with Crippen LogP contribution in [0.15, 0.2) is 24.3 Å². The molecule has 0 fully saturated rings. The smallest absolute Gasteiger partial charge is 0.203 e. The summed E-state index contributed by atoms with van der Waals surface area (Å²) in [5.41, 5.74) is 1.58. The van der Waals surface area contributed by atoms with Crippen molar-refractivity contribution in [3.8, 4) is 45.6 Å². The van der Waals surface area contributed by atoms with Crippen LogP contribution in [0, 0.1) is 0 Å². The fraction of sp³-hybridized carbons (Fsp3) is 0.294.